The number of hydrogen-bond acceptors (Lipinski definition) is 4. The highest BCUT2D eigenvalue weighted by molar-refractivity contribution is 5.96. The number of amides is 2. The van der Waals surface area contributed by atoms with Crippen molar-refractivity contribution in [3.05, 3.63) is 71.8 Å². The summed E-state index contributed by atoms with van der Waals surface area (Å²) in [6, 6.07) is 17.3. The fourth-order valence-corrected chi connectivity index (χ4v) is 2.14. The average Bonchev–Trinajstić information content (AvgIpc) is 2.65. The maximum absolute atomic E-state index is 12.3. The number of benzene rings is 2. The number of ether oxygens (including phenoxy) is 1. The van der Waals surface area contributed by atoms with Gasteiger partial charge in [0.05, 0.1) is 0 Å². The predicted octanol–water partition coefficient (Wildman–Crippen LogP) is 1.79. The Morgan fingerprint density at radius 2 is 1.52 bits per heavy atom. The van der Waals surface area contributed by atoms with Gasteiger partial charge in [-0.05, 0) is 12.1 Å². The molecule has 1 N–H and O–H groups in total. The molecule has 0 bridgehead atoms. The van der Waals surface area contributed by atoms with E-state index in [2.05, 4.69) is 5.32 Å². The first-order valence-electron chi connectivity index (χ1n) is 7.78. The summed E-state index contributed by atoms with van der Waals surface area (Å²) in [5.41, 5.74) is 1.02. The molecule has 2 aromatic carbocycles. The van der Waals surface area contributed by atoms with E-state index in [1.807, 2.05) is 6.07 Å². The van der Waals surface area contributed by atoms with Gasteiger partial charge in [0.25, 0.3) is 11.8 Å². The van der Waals surface area contributed by atoms with E-state index in [-0.39, 0.29) is 18.4 Å². The van der Waals surface area contributed by atoms with Gasteiger partial charge in [-0.3, -0.25) is 14.4 Å². The quantitative estimate of drug-likeness (QED) is 0.814. The van der Waals surface area contributed by atoms with Crippen LogP contribution in [0.5, 0.6) is 0 Å². The number of likely N-dealkylation sites (N-methyl/N-ethyl adjacent to an activating group) is 1. The molecule has 0 saturated heterocycles. The molecule has 2 amide bonds. The highest BCUT2D eigenvalue weighted by Crippen LogP contribution is 2.19. The van der Waals surface area contributed by atoms with Crippen LogP contribution in [0, 0.1) is 0 Å². The number of nitrogens with one attached hydrogen (secondary N) is 1. The van der Waals surface area contributed by atoms with E-state index in [0.717, 1.165) is 0 Å². The lowest BCUT2D eigenvalue weighted by atomic mass is 10.1. The maximum Gasteiger partial charge on any atom is 0.326 e. The molecule has 0 unspecified atom stereocenters. The fourth-order valence-electron chi connectivity index (χ4n) is 2.14. The van der Waals surface area contributed by atoms with Gasteiger partial charge in [0, 0.05) is 25.2 Å². The lowest BCUT2D eigenvalue weighted by molar-refractivity contribution is -0.158. The Morgan fingerprint density at radius 1 is 0.960 bits per heavy atom. The van der Waals surface area contributed by atoms with Crippen LogP contribution in [0.3, 0.4) is 0 Å². The van der Waals surface area contributed by atoms with Gasteiger partial charge in [0.2, 0.25) is 6.10 Å². The van der Waals surface area contributed by atoms with E-state index < -0.39 is 12.1 Å². The van der Waals surface area contributed by atoms with Crippen LogP contribution in [0.15, 0.2) is 60.7 Å². The zero-order valence-corrected chi connectivity index (χ0v) is 14.1. The van der Waals surface area contributed by atoms with E-state index in [9.17, 15) is 14.4 Å². The monoisotopic (exact) mass is 340 g/mol. The second kappa shape index (κ2) is 8.63. The molecule has 130 valence electrons. The molecule has 0 heterocycles. The molecule has 0 fully saturated rings. The number of carbonyl (C=O) groups is 3. The Kier molecular flexibility index (Phi) is 6.28. The van der Waals surface area contributed by atoms with Crippen molar-refractivity contribution in [1.82, 2.24) is 10.2 Å². The number of esters is 1. The van der Waals surface area contributed by atoms with E-state index in [4.69, 9.17) is 4.74 Å². The summed E-state index contributed by atoms with van der Waals surface area (Å²) in [4.78, 5) is 37.7. The fraction of sp³-hybridized carbons (Fsp3) is 0.211. The largest absolute Gasteiger partial charge is 0.446 e. The van der Waals surface area contributed by atoms with Gasteiger partial charge < -0.3 is 15.0 Å². The van der Waals surface area contributed by atoms with E-state index in [1.54, 1.807) is 68.7 Å². The van der Waals surface area contributed by atoms with Crippen molar-refractivity contribution in [1.29, 1.82) is 0 Å². The van der Waals surface area contributed by atoms with Crippen molar-refractivity contribution < 1.29 is 19.1 Å². The van der Waals surface area contributed by atoms with Gasteiger partial charge in [-0.1, -0.05) is 48.5 Å². The molecule has 6 heteroatoms. The van der Waals surface area contributed by atoms with Crippen LogP contribution in [-0.2, 0) is 14.3 Å². The van der Waals surface area contributed by atoms with Crippen molar-refractivity contribution in [3.63, 3.8) is 0 Å². The van der Waals surface area contributed by atoms with Gasteiger partial charge >= 0.3 is 5.97 Å². The average molecular weight is 340 g/mol. The van der Waals surface area contributed by atoms with Crippen LogP contribution in [0.4, 0.5) is 0 Å². The molecular weight excluding hydrogens is 320 g/mol. The normalized spacial score (nSPS) is 11.3. The first-order chi connectivity index (χ1) is 12.0. The van der Waals surface area contributed by atoms with Crippen molar-refractivity contribution >= 4 is 17.8 Å². The highest BCUT2D eigenvalue weighted by Gasteiger charge is 2.26. The van der Waals surface area contributed by atoms with E-state index in [0.29, 0.717) is 11.1 Å². The standard InChI is InChI=1S/C19H20N2O4/c1-21(2)19(24)17(14-9-5-3-6-10-14)25-16(22)13-20-18(23)15-11-7-4-8-12-15/h3-12,17H,13H2,1-2H3,(H,20,23)/t17-/m1/s1. The maximum atomic E-state index is 12.3. The Bertz CT molecular complexity index is 730. The van der Waals surface area contributed by atoms with Gasteiger partial charge in [-0.2, -0.15) is 0 Å². The Morgan fingerprint density at radius 3 is 2.08 bits per heavy atom. The number of hydrogen-bond donors (Lipinski definition) is 1. The molecule has 0 saturated carbocycles. The molecule has 2 rings (SSSR count). The minimum Gasteiger partial charge on any atom is -0.446 e. The first kappa shape index (κ1) is 18.2. The molecule has 25 heavy (non-hydrogen) atoms. The number of rotatable bonds is 6. The zero-order valence-electron chi connectivity index (χ0n) is 14.1. The van der Waals surface area contributed by atoms with E-state index in [1.165, 1.54) is 4.90 Å². The smallest absolute Gasteiger partial charge is 0.326 e. The van der Waals surface area contributed by atoms with Crippen molar-refractivity contribution in [2.24, 2.45) is 0 Å². The second-order valence-electron chi connectivity index (χ2n) is 5.56. The number of nitrogens with zero attached hydrogens (tertiary/aromatic N) is 1. The summed E-state index contributed by atoms with van der Waals surface area (Å²) >= 11 is 0. The van der Waals surface area contributed by atoms with Crippen molar-refractivity contribution in [2.45, 2.75) is 6.10 Å². The van der Waals surface area contributed by atoms with Crippen LogP contribution in [0.1, 0.15) is 22.0 Å². The lowest BCUT2D eigenvalue weighted by Gasteiger charge is -2.21. The molecule has 0 aromatic heterocycles. The molecule has 0 aliphatic rings. The van der Waals surface area contributed by atoms with Crippen molar-refractivity contribution in [3.8, 4) is 0 Å². The van der Waals surface area contributed by atoms with Gasteiger partial charge in [-0.25, -0.2) is 0 Å². The SMILES string of the molecule is CN(C)C(=O)[C@H](OC(=O)CNC(=O)c1ccccc1)c1ccccc1. The molecule has 0 aliphatic heterocycles. The third kappa shape index (κ3) is 5.17. The summed E-state index contributed by atoms with van der Waals surface area (Å²) in [6.07, 6.45) is -1.04. The summed E-state index contributed by atoms with van der Waals surface area (Å²) in [6.45, 7) is -0.322. The number of carbonyl (C=O) groups excluding carboxylic acids is 3. The van der Waals surface area contributed by atoms with Gasteiger partial charge in [-0.15, -0.1) is 0 Å². The van der Waals surface area contributed by atoms with E-state index >= 15 is 0 Å². The highest BCUT2D eigenvalue weighted by atomic mass is 16.5. The Labute approximate surface area is 146 Å². The zero-order chi connectivity index (χ0) is 18.2. The molecule has 0 spiro atoms. The second-order valence-corrected chi connectivity index (χ2v) is 5.56. The lowest BCUT2D eigenvalue weighted by Crippen LogP contribution is -2.35. The Hall–Kier alpha value is -3.15. The minimum atomic E-state index is -1.04. The topological polar surface area (TPSA) is 75.7 Å². The molecular formula is C19H20N2O4. The molecule has 0 aliphatic carbocycles. The van der Waals surface area contributed by atoms with Crippen LogP contribution in [0.2, 0.25) is 0 Å². The Balaban J connectivity index is 2.00. The molecule has 0 radical (unpaired) electrons. The van der Waals surface area contributed by atoms with Crippen LogP contribution in [0.25, 0.3) is 0 Å². The van der Waals surface area contributed by atoms with Crippen LogP contribution in [-0.4, -0.2) is 43.3 Å². The predicted molar refractivity (Wildman–Crippen MR) is 92.7 cm³/mol. The molecule has 1 atom stereocenters. The minimum absolute atomic E-state index is 0.322. The summed E-state index contributed by atoms with van der Waals surface area (Å²) in [5.74, 6) is -1.42. The third-order valence-electron chi connectivity index (χ3n) is 3.45. The summed E-state index contributed by atoms with van der Waals surface area (Å²) in [5, 5.41) is 2.49. The molecule has 6 nitrogen and oxygen atoms in total. The van der Waals surface area contributed by atoms with Crippen LogP contribution >= 0.6 is 0 Å². The summed E-state index contributed by atoms with van der Waals surface area (Å²) in [7, 11) is 3.17. The van der Waals surface area contributed by atoms with Gasteiger partial charge in [0.15, 0.2) is 0 Å². The first-order valence-corrected chi connectivity index (χ1v) is 7.78. The van der Waals surface area contributed by atoms with Crippen molar-refractivity contribution in [2.75, 3.05) is 20.6 Å². The molecule has 2 aromatic rings. The summed E-state index contributed by atoms with van der Waals surface area (Å²) < 4.78 is 5.30. The van der Waals surface area contributed by atoms with Gasteiger partial charge in [0.1, 0.15) is 6.54 Å². The third-order valence-corrected chi connectivity index (χ3v) is 3.45. The van der Waals surface area contributed by atoms with Crippen LogP contribution < -0.4 is 5.32 Å².